The number of carbonyl (C=O) groups excluding carboxylic acids is 2. The number of nitrogens with zero attached hydrogens (tertiary/aromatic N) is 1. The molecule has 8 heteroatoms. The summed E-state index contributed by atoms with van der Waals surface area (Å²) in [5, 5.41) is 2.33. The summed E-state index contributed by atoms with van der Waals surface area (Å²) < 4.78 is 18.2. The third kappa shape index (κ3) is 6.03. The number of alkyl carbamates (subject to hydrolysis) is 1. The second-order valence-corrected chi connectivity index (χ2v) is 6.39. The highest BCUT2D eigenvalue weighted by molar-refractivity contribution is 6.31. The maximum absolute atomic E-state index is 13.1. The van der Waals surface area contributed by atoms with Crippen LogP contribution in [0.5, 0.6) is 0 Å². The van der Waals surface area contributed by atoms with Gasteiger partial charge in [-0.1, -0.05) is 11.6 Å². The molecule has 1 rings (SSSR count). The zero-order valence-electron chi connectivity index (χ0n) is 13.5. The van der Waals surface area contributed by atoms with Crippen molar-refractivity contribution in [3.05, 3.63) is 29.0 Å². The lowest BCUT2D eigenvalue weighted by molar-refractivity contribution is -0.119. The fourth-order valence-corrected chi connectivity index (χ4v) is 1.84. The summed E-state index contributed by atoms with van der Waals surface area (Å²) in [7, 11) is 1.49. The molecule has 1 aromatic carbocycles. The number of amides is 2. The van der Waals surface area contributed by atoms with Crippen molar-refractivity contribution in [3.8, 4) is 0 Å². The number of anilines is 1. The summed E-state index contributed by atoms with van der Waals surface area (Å²) in [6.07, 6.45) is -0.659. The Bertz CT molecular complexity index is 590. The van der Waals surface area contributed by atoms with Gasteiger partial charge in [-0.3, -0.25) is 4.79 Å². The van der Waals surface area contributed by atoms with Crippen LogP contribution in [0.1, 0.15) is 20.8 Å². The highest BCUT2D eigenvalue weighted by Gasteiger charge is 2.22. The third-order valence-electron chi connectivity index (χ3n) is 2.80. The molecule has 0 spiro atoms. The molecular formula is C15H21ClFN3O3. The first-order valence-corrected chi connectivity index (χ1v) is 7.34. The van der Waals surface area contributed by atoms with Gasteiger partial charge in [0.2, 0.25) is 5.91 Å². The molecule has 0 saturated heterocycles. The molecule has 0 aliphatic heterocycles. The van der Waals surface area contributed by atoms with Crippen LogP contribution in [0.3, 0.4) is 0 Å². The van der Waals surface area contributed by atoms with E-state index in [0.29, 0.717) is 5.69 Å². The Morgan fingerprint density at radius 3 is 2.57 bits per heavy atom. The van der Waals surface area contributed by atoms with Crippen LogP contribution < -0.4 is 16.0 Å². The van der Waals surface area contributed by atoms with Gasteiger partial charge in [0.1, 0.15) is 17.5 Å². The molecule has 0 aliphatic carbocycles. The van der Waals surface area contributed by atoms with Gasteiger partial charge in [-0.15, -0.1) is 0 Å². The number of nitrogens with two attached hydrogens (primary N) is 1. The van der Waals surface area contributed by atoms with Gasteiger partial charge in [0.05, 0.1) is 5.02 Å². The maximum atomic E-state index is 13.1. The minimum absolute atomic E-state index is 0.0903. The van der Waals surface area contributed by atoms with Crippen molar-refractivity contribution in [1.82, 2.24) is 5.32 Å². The van der Waals surface area contributed by atoms with Gasteiger partial charge in [-0.05, 0) is 39.0 Å². The monoisotopic (exact) mass is 345 g/mol. The van der Waals surface area contributed by atoms with Crippen LogP contribution in [0.15, 0.2) is 18.2 Å². The maximum Gasteiger partial charge on any atom is 0.407 e. The fraction of sp³-hybridized carbons (Fsp3) is 0.467. The van der Waals surface area contributed by atoms with E-state index in [-0.39, 0.29) is 11.6 Å². The van der Waals surface area contributed by atoms with Crippen LogP contribution in [0.2, 0.25) is 5.02 Å². The minimum Gasteiger partial charge on any atom is -0.444 e. The predicted octanol–water partition coefficient (Wildman–Crippen LogP) is 2.29. The number of ether oxygens (including phenoxy) is 1. The first kappa shape index (κ1) is 19.2. The minimum atomic E-state index is -0.976. The van der Waals surface area contributed by atoms with Crippen molar-refractivity contribution in [2.75, 3.05) is 18.5 Å². The summed E-state index contributed by atoms with van der Waals surface area (Å²) >= 11 is 5.69. The summed E-state index contributed by atoms with van der Waals surface area (Å²) in [6, 6.07) is 2.92. The SMILES string of the molecule is CN(C(=O)C(N)CNC(=O)OC(C)(C)C)c1ccc(F)c(Cl)c1. The molecule has 0 bridgehead atoms. The van der Waals surface area contributed by atoms with Crippen LogP contribution in [-0.2, 0) is 9.53 Å². The normalized spacial score (nSPS) is 12.5. The molecule has 0 saturated carbocycles. The first-order valence-electron chi connectivity index (χ1n) is 6.96. The number of nitrogens with one attached hydrogen (secondary N) is 1. The number of carbonyl (C=O) groups is 2. The molecule has 0 radical (unpaired) electrons. The van der Waals surface area contributed by atoms with Gasteiger partial charge >= 0.3 is 6.09 Å². The van der Waals surface area contributed by atoms with Crippen molar-refractivity contribution >= 4 is 29.3 Å². The van der Waals surface area contributed by atoms with Crippen LogP contribution in [0, 0.1) is 5.82 Å². The van der Waals surface area contributed by atoms with Crippen molar-refractivity contribution in [2.24, 2.45) is 5.73 Å². The van der Waals surface area contributed by atoms with E-state index in [1.807, 2.05) is 0 Å². The highest BCUT2D eigenvalue weighted by Crippen LogP contribution is 2.22. The van der Waals surface area contributed by atoms with E-state index in [0.717, 1.165) is 6.07 Å². The van der Waals surface area contributed by atoms with Crippen molar-refractivity contribution in [2.45, 2.75) is 32.4 Å². The van der Waals surface area contributed by atoms with Gasteiger partial charge in [-0.2, -0.15) is 0 Å². The molecule has 3 N–H and O–H groups in total. The molecule has 0 fully saturated rings. The number of hydrogen-bond acceptors (Lipinski definition) is 4. The van der Waals surface area contributed by atoms with Gasteiger partial charge in [0, 0.05) is 19.3 Å². The van der Waals surface area contributed by atoms with E-state index < -0.39 is 29.5 Å². The Labute approximate surface area is 139 Å². The largest absolute Gasteiger partial charge is 0.444 e. The Kier molecular flexibility index (Phi) is 6.35. The second kappa shape index (κ2) is 7.61. The molecule has 0 aromatic heterocycles. The summed E-state index contributed by atoms with van der Waals surface area (Å²) in [5.41, 5.74) is 5.53. The van der Waals surface area contributed by atoms with E-state index in [9.17, 15) is 14.0 Å². The van der Waals surface area contributed by atoms with Crippen molar-refractivity contribution in [3.63, 3.8) is 0 Å². The Morgan fingerprint density at radius 2 is 2.04 bits per heavy atom. The summed E-state index contributed by atoms with van der Waals surface area (Å²) in [4.78, 5) is 25.0. The molecule has 6 nitrogen and oxygen atoms in total. The Hall–Kier alpha value is -1.86. The lowest BCUT2D eigenvalue weighted by Crippen LogP contribution is -2.49. The summed E-state index contributed by atoms with van der Waals surface area (Å²) in [6.45, 7) is 5.09. The van der Waals surface area contributed by atoms with E-state index in [1.165, 1.54) is 24.1 Å². The van der Waals surface area contributed by atoms with Crippen LogP contribution in [-0.4, -0.2) is 37.2 Å². The van der Waals surface area contributed by atoms with Gasteiger partial charge in [0.15, 0.2) is 0 Å². The molecule has 2 amide bonds. The molecule has 1 aromatic rings. The standard InChI is InChI=1S/C15H21ClFN3O3/c1-15(2,3)23-14(22)19-8-12(18)13(21)20(4)9-5-6-11(17)10(16)7-9/h5-7,12H,8,18H2,1-4H3,(H,19,22). The number of benzene rings is 1. The Balaban J connectivity index is 2.62. The lowest BCUT2D eigenvalue weighted by atomic mass is 10.2. The quantitative estimate of drug-likeness (QED) is 0.876. The molecular weight excluding hydrogens is 325 g/mol. The summed E-state index contributed by atoms with van der Waals surface area (Å²) in [5.74, 6) is -1.03. The number of hydrogen-bond donors (Lipinski definition) is 2. The zero-order chi connectivity index (χ0) is 17.8. The average Bonchev–Trinajstić information content (AvgIpc) is 2.44. The molecule has 1 unspecified atom stereocenters. The van der Waals surface area contributed by atoms with Gasteiger partial charge < -0.3 is 20.7 Å². The van der Waals surface area contributed by atoms with Crippen LogP contribution in [0.4, 0.5) is 14.9 Å². The third-order valence-corrected chi connectivity index (χ3v) is 3.09. The fourth-order valence-electron chi connectivity index (χ4n) is 1.66. The zero-order valence-corrected chi connectivity index (χ0v) is 14.3. The van der Waals surface area contributed by atoms with E-state index in [2.05, 4.69) is 5.32 Å². The van der Waals surface area contributed by atoms with E-state index in [4.69, 9.17) is 22.1 Å². The lowest BCUT2D eigenvalue weighted by Gasteiger charge is -2.23. The molecule has 0 aliphatic rings. The van der Waals surface area contributed by atoms with Crippen molar-refractivity contribution in [1.29, 1.82) is 0 Å². The van der Waals surface area contributed by atoms with Gasteiger partial charge in [-0.25, -0.2) is 9.18 Å². The van der Waals surface area contributed by atoms with Crippen LogP contribution in [0.25, 0.3) is 0 Å². The first-order chi connectivity index (χ1) is 10.5. The smallest absolute Gasteiger partial charge is 0.407 e. The van der Waals surface area contributed by atoms with Gasteiger partial charge in [0.25, 0.3) is 0 Å². The second-order valence-electron chi connectivity index (χ2n) is 5.98. The molecule has 0 heterocycles. The molecule has 128 valence electrons. The molecule has 1 atom stereocenters. The number of likely N-dealkylation sites (N-methyl/N-ethyl adjacent to an activating group) is 1. The van der Waals surface area contributed by atoms with E-state index >= 15 is 0 Å². The average molecular weight is 346 g/mol. The predicted molar refractivity (Wildman–Crippen MR) is 87.0 cm³/mol. The number of rotatable bonds is 4. The van der Waals surface area contributed by atoms with E-state index in [1.54, 1.807) is 20.8 Å². The topological polar surface area (TPSA) is 84.7 Å². The van der Waals surface area contributed by atoms with Crippen LogP contribution >= 0.6 is 11.6 Å². The Morgan fingerprint density at radius 1 is 1.43 bits per heavy atom. The highest BCUT2D eigenvalue weighted by atomic mass is 35.5. The number of halogens is 2. The molecule has 23 heavy (non-hydrogen) atoms. The van der Waals surface area contributed by atoms with Crippen molar-refractivity contribution < 1.29 is 18.7 Å².